The zero-order valence-corrected chi connectivity index (χ0v) is 14.0. The molecule has 0 N–H and O–H groups in total. The molecule has 0 saturated heterocycles. The zero-order valence-electron chi connectivity index (χ0n) is 14.0. The van der Waals surface area contributed by atoms with Crippen LogP contribution in [0.1, 0.15) is 16.2 Å². The number of carbonyl (C=O) groups is 1. The first-order valence-electron chi connectivity index (χ1n) is 7.99. The molecule has 0 amide bonds. The highest BCUT2D eigenvalue weighted by molar-refractivity contribution is 5.94. The lowest BCUT2D eigenvalue weighted by Crippen LogP contribution is -2.03. The minimum atomic E-state index is -0.576. The average molecular weight is 349 g/mol. The number of benzene rings is 2. The van der Waals surface area contributed by atoms with Gasteiger partial charge in [-0.3, -0.25) is 0 Å². The SMILES string of the molecule is COc1cccc2cc(C(=O)OCc3cc(-c4ccccc4)on3)oc12. The van der Waals surface area contributed by atoms with Crippen molar-refractivity contribution in [3.8, 4) is 17.1 Å². The monoisotopic (exact) mass is 349 g/mol. The number of carbonyl (C=O) groups excluding carboxylic acids is 1. The number of nitrogens with zero attached hydrogens (tertiary/aromatic N) is 1. The van der Waals surface area contributed by atoms with Gasteiger partial charge in [0.25, 0.3) is 0 Å². The summed E-state index contributed by atoms with van der Waals surface area (Å²) >= 11 is 0. The number of hydrogen-bond donors (Lipinski definition) is 0. The molecule has 0 fully saturated rings. The van der Waals surface area contributed by atoms with Crippen LogP contribution in [0, 0.1) is 0 Å². The maximum atomic E-state index is 12.2. The quantitative estimate of drug-likeness (QED) is 0.495. The van der Waals surface area contributed by atoms with E-state index in [4.69, 9.17) is 18.4 Å². The topological polar surface area (TPSA) is 74.7 Å². The molecule has 0 aliphatic rings. The summed E-state index contributed by atoms with van der Waals surface area (Å²) in [4.78, 5) is 12.2. The van der Waals surface area contributed by atoms with Gasteiger partial charge in [-0.1, -0.05) is 47.6 Å². The fourth-order valence-corrected chi connectivity index (χ4v) is 2.63. The largest absolute Gasteiger partial charge is 0.493 e. The van der Waals surface area contributed by atoms with E-state index in [0.29, 0.717) is 22.8 Å². The summed E-state index contributed by atoms with van der Waals surface area (Å²) in [6.45, 7) is -0.0106. The lowest BCUT2D eigenvalue weighted by Gasteiger charge is -2.00. The van der Waals surface area contributed by atoms with Gasteiger partial charge in [0.2, 0.25) is 5.76 Å². The molecule has 0 atom stereocenters. The van der Waals surface area contributed by atoms with Crippen molar-refractivity contribution in [2.75, 3.05) is 7.11 Å². The molecule has 2 aromatic heterocycles. The molecule has 0 radical (unpaired) electrons. The predicted octanol–water partition coefficient (Wildman–Crippen LogP) is 4.45. The molecule has 0 aliphatic carbocycles. The number of esters is 1. The Balaban J connectivity index is 1.47. The van der Waals surface area contributed by atoms with Crippen molar-refractivity contribution in [2.45, 2.75) is 6.61 Å². The van der Waals surface area contributed by atoms with Crippen molar-refractivity contribution >= 4 is 16.9 Å². The third-order valence-corrected chi connectivity index (χ3v) is 3.90. The minimum Gasteiger partial charge on any atom is -0.493 e. The van der Waals surface area contributed by atoms with Gasteiger partial charge < -0.3 is 18.4 Å². The third kappa shape index (κ3) is 3.04. The second kappa shape index (κ2) is 6.76. The number of hydrogen-bond acceptors (Lipinski definition) is 6. The second-order valence-corrected chi connectivity index (χ2v) is 5.61. The summed E-state index contributed by atoms with van der Waals surface area (Å²) in [6.07, 6.45) is 0. The lowest BCUT2D eigenvalue weighted by atomic mass is 10.2. The highest BCUT2D eigenvalue weighted by Gasteiger charge is 2.17. The van der Waals surface area contributed by atoms with Crippen LogP contribution in [0.2, 0.25) is 0 Å². The fraction of sp³-hybridized carbons (Fsp3) is 0.100. The van der Waals surface area contributed by atoms with Crippen LogP contribution in [0.15, 0.2) is 69.6 Å². The van der Waals surface area contributed by atoms with Gasteiger partial charge in [-0.25, -0.2) is 4.79 Å². The van der Waals surface area contributed by atoms with Crippen LogP contribution in [-0.4, -0.2) is 18.2 Å². The first-order valence-corrected chi connectivity index (χ1v) is 7.99. The van der Waals surface area contributed by atoms with E-state index in [1.54, 1.807) is 25.3 Å². The number of para-hydroxylation sites is 1. The first kappa shape index (κ1) is 16.0. The molecule has 6 nitrogen and oxygen atoms in total. The van der Waals surface area contributed by atoms with E-state index in [2.05, 4.69) is 5.16 Å². The number of fused-ring (bicyclic) bond motifs is 1. The van der Waals surface area contributed by atoms with Crippen LogP contribution in [0.3, 0.4) is 0 Å². The molecule has 6 heteroatoms. The molecule has 0 aliphatic heterocycles. The molecular weight excluding hydrogens is 334 g/mol. The van der Waals surface area contributed by atoms with E-state index in [-0.39, 0.29) is 12.4 Å². The van der Waals surface area contributed by atoms with Crippen LogP contribution >= 0.6 is 0 Å². The number of rotatable bonds is 5. The van der Waals surface area contributed by atoms with Gasteiger partial charge in [-0.2, -0.15) is 0 Å². The molecule has 130 valence electrons. The number of ether oxygens (including phenoxy) is 2. The number of furan rings is 1. The third-order valence-electron chi connectivity index (χ3n) is 3.90. The molecular formula is C20H15NO5. The molecule has 0 spiro atoms. The average Bonchev–Trinajstić information content (AvgIpc) is 3.33. The van der Waals surface area contributed by atoms with E-state index in [0.717, 1.165) is 10.9 Å². The summed E-state index contributed by atoms with van der Waals surface area (Å²) in [5.74, 6) is 0.708. The Morgan fingerprint density at radius 1 is 1.08 bits per heavy atom. The van der Waals surface area contributed by atoms with Crippen LogP contribution in [0.5, 0.6) is 5.75 Å². The van der Waals surface area contributed by atoms with Gasteiger partial charge in [0, 0.05) is 17.0 Å². The van der Waals surface area contributed by atoms with E-state index in [9.17, 15) is 4.79 Å². The van der Waals surface area contributed by atoms with E-state index in [1.807, 2.05) is 42.5 Å². The predicted molar refractivity (Wildman–Crippen MR) is 93.8 cm³/mol. The van der Waals surface area contributed by atoms with Crippen LogP contribution in [0.25, 0.3) is 22.3 Å². The Labute approximate surface area is 148 Å². The van der Waals surface area contributed by atoms with Gasteiger partial charge in [0.05, 0.1) is 7.11 Å². The van der Waals surface area contributed by atoms with Crippen molar-refractivity contribution < 1.29 is 23.2 Å². The van der Waals surface area contributed by atoms with Crippen LogP contribution in [-0.2, 0) is 11.3 Å². The second-order valence-electron chi connectivity index (χ2n) is 5.61. The van der Waals surface area contributed by atoms with Gasteiger partial charge in [-0.15, -0.1) is 0 Å². The molecule has 2 heterocycles. The van der Waals surface area contributed by atoms with E-state index in [1.165, 1.54) is 0 Å². The maximum Gasteiger partial charge on any atom is 0.374 e. The maximum absolute atomic E-state index is 12.2. The molecule has 0 saturated carbocycles. The van der Waals surface area contributed by atoms with Crippen molar-refractivity contribution in [1.29, 1.82) is 0 Å². The van der Waals surface area contributed by atoms with Gasteiger partial charge in [0.1, 0.15) is 12.3 Å². The number of methoxy groups -OCH3 is 1. The lowest BCUT2D eigenvalue weighted by molar-refractivity contribution is 0.0430. The Kier molecular flexibility index (Phi) is 4.15. The molecule has 0 unspecified atom stereocenters. The highest BCUT2D eigenvalue weighted by Crippen LogP contribution is 2.29. The summed E-state index contributed by atoms with van der Waals surface area (Å²) in [6, 6.07) is 18.4. The fourth-order valence-electron chi connectivity index (χ4n) is 2.63. The van der Waals surface area contributed by atoms with Crippen molar-refractivity contribution in [3.63, 3.8) is 0 Å². The highest BCUT2D eigenvalue weighted by atomic mass is 16.5. The standard InChI is InChI=1S/C20H15NO5/c1-23-16-9-5-8-14-10-18(25-19(14)16)20(22)24-12-15-11-17(26-21-15)13-6-3-2-4-7-13/h2-11H,12H2,1H3. The smallest absolute Gasteiger partial charge is 0.374 e. The molecule has 4 rings (SSSR count). The zero-order chi connectivity index (χ0) is 17.9. The van der Waals surface area contributed by atoms with Crippen LogP contribution in [0.4, 0.5) is 0 Å². The summed E-state index contributed by atoms with van der Waals surface area (Å²) in [5, 5.41) is 4.69. The normalized spacial score (nSPS) is 10.8. The molecule has 2 aromatic carbocycles. The molecule has 4 aromatic rings. The van der Waals surface area contributed by atoms with Crippen molar-refractivity contribution in [1.82, 2.24) is 5.16 Å². The van der Waals surface area contributed by atoms with Gasteiger partial charge in [0.15, 0.2) is 17.1 Å². The van der Waals surface area contributed by atoms with Crippen molar-refractivity contribution in [3.05, 3.63) is 72.1 Å². The minimum absolute atomic E-state index is 0.0106. The van der Waals surface area contributed by atoms with Crippen molar-refractivity contribution in [2.24, 2.45) is 0 Å². The van der Waals surface area contributed by atoms with Crippen LogP contribution < -0.4 is 4.74 Å². The van der Waals surface area contributed by atoms with E-state index < -0.39 is 5.97 Å². The summed E-state index contributed by atoms with van der Waals surface area (Å²) in [5.41, 5.74) is 1.93. The Morgan fingerprint density at radius 3 is 2.73 bits per heavy atom. The van der Waals surface area contributed by atoms with Gasteiger partial charge in [-0.05, 0) is 12.1 Å². The Bertz CT molecular complexity index is 1050. The number of aromatic nitrogens is 1. The van der Waals surface area contributed by atoms with Gasteiger partial charge >= 0.3 is 5.97 Å². The Hall–Kier alpha value is -3.54. The summed E-state index contributed by atoms with van der Waals surface area (Å²) < 4.78 is 21.4. The first-order chi connectivity index (χ1) is 12.7. The van der Waals surface area contributed by atoms with E-state index >= 15 is 0 Å². The molecule has 0 bridgehead atoms. The molecule has 26 heavy (non-hydrogen) atoms. The summed E-state index contributed by atoms with van der Waals surface area (Å²) in [7, 11) is 1.55. The Morgan fingerprint density at radius 2 is 1.92 bits per heavy atom.